The topological polar surface area (TPSA) is 54.2 Å². The number of benzene rings is 1. The van der Waals surface area contributed by atoms with Crippen LogP contribution in [0.25, 0.3) is 11.0 Å². The average molecular weight is 269 g/mol. The van der Waals surface area contributed by atoms with Crippen LogP contribution in [0.2, 0.25) is 0 Å². The number of para-hydroxylation sites is 2. The van der Waals surface area contributed by atoms with Crippen LogP contribution in [0.5, 0.6) is 0 Å². The first kappa shape index (κ1) is 11.8. The van der Waals surface area contributed by atoms with Crippen LogP contribution in [0.15, 0.2) is 29.3 Å². The van der Waals surface area contributed by atoms with E-state index in [-0.39, 0.29) is 0 Å². The molecule has 0 unspecified atom stereocenters. The van der Waals surface area contributed by atoms with Gasteiger partial charge in [0.2, 0.25) is 0 Å². The maximum absolute atomic E-state index is 4.78. The van der Waals surface area contributed by atoms with E-state index >= 15 is 0 Å². The molecule has 1 aromatic heterocycles. The molecule has 5 nitrogen and oxygen atoms in total. The lowest BCUT2D eigenvalue weighted by molar-refractivity contribution is 0.655. The molecule has 0 saturated heterocycles. The molecule has 1 aromatic carbocycles. The lowest BCUT2D eigenvalue weighted by Gasteiger charge is -2.16. The fraction of sp³-hybridized carbons (Fsp3) is 0.467. The molecule has 1 saturated carbocycles. The molecule has 104 valence electrons. The van der Waals surface area contributed by atoms with Crippen LogP contribution >= 0.6 is 0 Å². The van der Waals surface area contributed by atoms with Crippen LogP contribution in [0.1, 0.15) is 31.1 Å². The number of rotatable bonds is 3. The summed E-state index contributed by atoms with van der Waals surface area (Å²) in [4.78, 5) is 9.22. The fourth-order valence-corrected chi connectivity index (χ4v) is 2.77. The molecule has 4 rings (SSSR count). The van der Waals surface area contributed by atoms with E-state index in [0.717, 1.165) is 43.4 Å². The van der Waals surface area contributed by atoms with Gasteiger partial charge in [0.15, 0.2) is 5.96 Å². The Morgan fingerprint density at radius 1 is 1.30 bits per heavy atom. The standard InChI is InChI=1S/C15H19N5/c1-2-5-13-12(4-1)19-14(20(13)11-6-7-11)10-18-15-16-8-3-9-17-15/h1-2,4-5,11H,3,6-10H2,(H2,16,17,18). The highest BCUT2D eigenvalue weighted by atomic mass is 15.2. The highest BCUT2D eigenvalue weighted by molar-refractivity contribution is 5.80. The third-order valence-electron chi connectivity index (χ3n) is 3.89. The molecule has 20 heavy (non-hydrogen) atoms. The Balaban J connectivity index is 1.61. The molecule has 1 aliphatic carbocycles. The minimum atomic E-state index is 0.639. The second kappa shape index (κ2) is 4.81. The van der Waals surface area contributed by atoms with Gasteiger partial charge in [-0.05, 0) is 31.4 Å². The number of guanidine groups is 1. The summed E-state index contributed by atoms with van der Waals surface area (Å²) in [5, 5.41) is 6.67. The molecule has 0 radical (unpaired) electrons. The first-order valence-electron chi connectivity index (χ1n) is 7.40. The van der Waals surface area contributed by atoms with Gasteiger partial charge in [-0.15, -0.1) is 0 Å². The Bertz CT molecular complexity index is 653. The number of nitrogens with zero attached hydrogens (tertiary/aromatic N) is 3. The molecule has 2 N–H and O–H groups in total. The van der Waals surface area contributed by atoms with Crippen LogP contribution in [-0.4, -0.2) is 28.6 Å². The van der Waals surface area contributed by atoms with E-state index < -0.39 is 0 Å². The van der Waals surface area contributed by atoms with Crippen LogP contribution in [0.4, 0.5) is 0 Å². The molecule has 1 aliphatic heterocycles. The largest absolute Gasteiger partial charge is 0.356 e. The van der Waals surface area contributed by atoms with Gasteiger partial charge in [0.25, 0.3) is 0 Å². The van der Waals surface area contributed by atoms with Crippen molar-refractivity contribution in [2.75, 3.05) is 13.1 Å². The van der Waals surface area contributed by atoms with E-state index in [4.69, 9.17) is 4.98 Å². The van der Waals surface area contributed by atoms with E-state index in [2.05, 4.69) is 44.5 Å². The van der Waals surface area contributed by atoms with E-state index in [1.54, 1.807) is 0 Å². The molecule has 1 fully saturated rings. The van der Waals surface area contributed by atoms with Gasteiger partial charge in [0.1, 0.15) is 5.82 Å². The molecule has 5 heteroatoms. The van der Waals surface area contributed by atoms with Crippen LogP contribution in [-0.2, 0) is 6.54 Å². The second-order valence-corrected chi connectivity index (χ2v) is 5.48. The van der Waals surface area contributed by atoms with Crippen molar-refractivity contribution in [3.05, 3.63) is 30.1 Å². The number of hydrogen-bond donors (Lipinski definition) is 2. The molecule has 0 amide bonds. The second-order valence-electron chi connectivity index (χ2n) is 5.48. The third-order valence-corrected chi connectivity index (χ3v) is 3.89. The van der Waals surface area contributed by atoms with Crippen molar-refractivity contribution < 1.29 is 0 Å². The van der Waals surface area contributed by atoms with Gasteiger partial charge in [-0.1, -0.05) is 12.1 Å². The van der Waals surface area contributed by atoms with E-state index in [1.807, 2.05) is 0 Å². The first-order valence-corrected chi connectivity index (χ1v) is 7.40. The van der Waals surface area contributed by atoms with Gasteiger partial charge < -0.3 is 15.2 Å². The highest BCUT2D eigenvalue weighted by Gasteiger charge is 2.27. The molecule has 2 aliphatic rings. The smallest absolute Gasteiger partial charge is 0.191 e. The van der Waals surface area contributed by atoms with E-state index in [0.29, 0.717) is 6.04 Å². The summed E-state index contributed by atoms with van der Waals surface area (Å²) in [6, 6.07) is 9.04. The van der Waals surface area contributed by atoms with Crippen molar-refractivity contribution in [3.63, 3.8) is 0 Å². The van der Waals surface area contributed by atoms with Gasteiger partial charge in [0, 0.05) is 19.1 Å². The van der Waals surface area contributed by atoms with Crippen LogP contribution < -0.4 is 10.6 Å². The highest BCUT2D eigenvalue weighted by Crippen LogP contribution is 2.38. The summed E-state index contributed by atoms with van der Waals surface area (Å²) >= 11 is 0. The number of aliphatic imine (C=N–C) groups is 1. The monoisotopic (exact) mass is 269 g/mol. The van der Waals surface area contributed by atoms with Gasteiger partial charge in [0.05, 0.1) is 17.6 Å². The molecular formula is C15H19N5. The number of imidazole rings is 1. The molecule has 0 spiro atoms. The maximum atomic E-state index is 4.78. The zero-order valence-corrected chi connectivity index (χ0v) is 11.5. The molecule has 2 aromatic rings. The SMILES string of the molecule is c1ccc2c(c1)nc(CNC1=NCCCN1)n2C1CC1. The van der Waals surface area contributed by atoms with Crippen molar-refractivity contribution in [3.8, 4) is 0 Å². The molecule has 2 heterocycles. The Hall–Kier alpha value is -2.04. The molecule has 0 atom stereocenters. The van der Waals surface area contributed by atoms with Gasteiger partial charge in [-0.25, -0.2) is 4.98 Å². The Kier molecular flexibility index (Phi) is 2.83. The molecular weight excluding hydrogens is 250 g/mol. The summed E-state index contributed by atoms with van der Waals surface area (Å²) in [6.07, 6.45) is 3.66. The Morgan fingerprint density at radius 2 is 2.20 bits per heavy atom. The molecule has 0 bridgehead atoms. The van der Waals surface area contributed by atoms with Gasteiger partial charge in [-0.3, -0.25) is 4.99 Å². The summed E-state index contributed by atoms with van der Waals surface area (Å²) in [5.74, 6) is 2.02. The average Bonchev–Trinajstić information content (AvgIpc) is 3.27. The van der Waals surface area contributed by atoms with E-state index in [1.165, 1.54) is 18.4 Å². The van der Waals surface area contributed by atoms with Crippen molar-refractivity contribution in [2.45, 2.75) is 31.8 Å². The minimum Gasteiger partial charge on any atom is -0.356 e. The van der Waals surface area contributed by atoms with Crippen LogP contribution in [0, 0.1) is 0 Å². The normalized spacial score (nSPS) is 18.7. The fourth-order valence-electron chi connectivity index (χ4n) is 2.77. The summed E-state index contributed by atoms with van der Waals surface area (Å²) in [5.41, 5.74) is 2.35. The van der Waals surface area contributed by atoms with Crippen molar-refractivity contribution in [2.24, 2.45) is 4.99 Å². The quantitative estimate of drug-likeness (QED) is 0.893. The van der Waals surface area contributed by atoms with Crippen molar-refractivity contribution >= 4 is 17.0 Å². The first-order chi connectivity index (χ1) is 9.92. The number of nitrogens with one attached hydrogen (secondary N) is 2. The predicted molar refractivity (Wildman–Crippen MR) is 79.8 cm³/mol. The number of hydrogen-bond acceptors (Lipinski definition) is 4. The Morgan fingerprint density at radius 3 is 3.00 bits per heavy atom. The predicted octanol–water partition coefficient (Wildman–Crippen LogP) is 1.81. The Labute approximate surface area is 118 Å². The van der Waals surface area contributed by atoms with Crippen LogP contribution in [0.3, 0.4) is 0 Å². The number of aromatic nitrogens is 2. The van der Waals surface area contributed by atoms with Crippen molar-refractivity contribution in [1.82, 2.24) is 20.2 Å². The van der Waals surface area contributed by atoms with Gasteiger partial charge >= 0.3 is 0 Å². The third kappa shape index (κ3) is 2.13. The van der Waals surface area contributed by atoms with Crippen molar-refractivity contribution in [1.29, 1.82) is 0 Å². The van der Waals surface area contributed by atoms with Gasteiger partial charge in [-0.2, -0.15) is 0 Å². The zero-order valence-electron chi connectivity index (χ0n) is 11.5. The van der Waals surface area contributed by atoms with E-state index in [9.17, 15) is 0 Å². The lowest BCUT2D eigenvalue weighted by atomic mass is 10.3. The summed E-state index contributed by atoms with van der Waals surface area (Å²) < 4.78 is 2.39. The number of fused-ring (bicyclic) bond motifs is 1. The summed E-state index contributed by atoms with van der Waals surface area (Å²) in [6.45, 7) is 2.65. The minimum absolute atomic E-state index is 0.639. The maximum Gasteiger partial charge on any atom is 0.191 e. The summed E-state index contributed by atoms with van der Waals surface area (Å²) in [7, 11) is 0. The lowest BCUT2D eigenvalue weighted by Crippen LogP contribution is -2.40. The zero-order chi connectivity index (χ0) is 13.4.